The molecule has 0 atom stereocenters. The molecule has 0 aliphatic heterocycles. The predicted molar refractivity (Wildman–Crippen MR) is 372 cm³/mol. The van der Waals surface area contributed by atoms with E-state index in [1.807, 2.05) is 158 Å². The van der Waals surface area contributed by atoms with Crippen LogP contribution in [0.15, 0.2) is 221 Å². The molecule has 21 rings (SSSR count). The Labute approximate surface area is 522 Å². The second kappa shape index (κ2) is 17.6. The van der Waals surface area contributed by atoms with E-state index in [1.54, 1.807) is 0 Å². The number of rotatable bonds is 8. The summed E-state index contributed by atoms with van der Waals surface area (Å²) in [7, 11) is 0. The van der Waals surface area contributed by atoms with E-state index in [-0.39, 0.29) is 69.3 Å². The summed E-state index contributed by atoms with van der Waals surface area (Å²) in [6, 6.07) is 48.6. The van der Waals surface area contributed by atoms with Crippen molar-refractivity contribution in [2.45, 2.75) is 26.2 Å². The van der Waals surface area contributed by atoms with E-state index in [9.17, 15) is 19.2 Å². The second-order valence-corrected chi connectivity index (χ2v) is 25.1. The quantitative estimate of drug-likeness (QED) is 0.103. The third-order valence-electron chi connectivity index (χ3n) is 20.4. The molecule has 21 aromatic rings. The highest BCUT2D eigenvalue weighted by Gasteiger charge is 2.33. The van der Waals surface area contributed by atoms with Gasteiger partial charge in [0.05, 0.1) is 69.8 Å². The van der Waals surface area contributed by atoms with E-state index in [0.29, 0.717) is 130 Å². The molecule has 0 unspecified atom stereocenters. The topological polar surface area (TPSA) is 208 Å². The van der Waals surface area contributed by atoms with Crippen LogP contribution in [0.25, 0.3) is 173 Å². The van der Waals surface area contributed by atoms with Crippen molar-refractivity contribution in [3.63, 3.8) is 0 Å². The summed E-state index contributed by atoms with van der Waals surface area (Å²) in [6.45, 7) is -0.0582. The second-order valence-electron chi connectivity index (χ2n) is 25.1. The van der Waals surface area contributed by atoms with E-state index in [4.69, 9.17) is 19.9 Å². The molecule has 16 heteroatoms. The van der Waals surface area contributed by atoms with Gasteiger partial charge < -0.3 is 0 Å². The van der Waals surface area contributed by atoms with Gasteiger partial charge in [0.1, 0.15) is 0 Å². The van der Waals surface area contributed by atoms with Crippen LogP contribution in [0.1, 0.15) is 22.3 Å². The summed E-state index contributed by atoms with van der Waals surface area (Å²) >= 11 is 0. The van der Waals surface area contributed by atoms with Crippen LogP contribution in [0.3, 0.4) is 0 Å². The van der Waals surface area contributed by atoms with E-state index in [2.05, 4.69) is 0 Å². The van der Waals surface area contributed by atoms with Crippen molar-refractivity contribution in [2.75, 3.05) is 0 Å². The summed E-state index contributed by atoms with van der Waals surface area (Å²) in [5.74, 6) is 0. The fourth-order valence-electron chi connectivity index (χ4n) is 16.4. The molecule has 0 N–H and O–H groups in total. The lowest BCUT2D eigenvalue weighted by Crippen LogP contribution is -2.34. The van der Waals surface area contributed by atoms with E-state index >= 15 is 19.2 Å². The fraction of sp³-hybridized carbons (Fsp3) is 0.0513. The molecule has 16 nitrogen and oxygen atoms in total. The normalized spacial score (nSPS) is 12.8. The third kappa shape index (κ3) is 6.21. The van der Waals surface area contributed by atoms with Crippen LogP contribution < -0.4 is 44.5 Å². The van der Waals surface area contributed by atoms with E-state index in [0.717, 1.165) is 22.3 Å². The summed E-state index contributed by atoms with van der Waals surface area (Å²) in [5, 5.41) is 13.0. The first-order valence-corrected chi connectivity index (χ1v) is 30.8. The monoisotopic (exact) mass is 1210 g/mol. The molecule has 13 aromatic carbocycles. The number of hydrogen-bond donors (Lipinski definition) is 0. The number of fused-ring (bicyclic) bond motifs is 8. The first-order chi connectivity index (χ1) is 46.0. The van der Waals surface area contributed by atoms with Gasteiger partial charge >= 0.3 is 0 Å². The van der Waals surface area contributed by atoms with Crippen molar-refractivity contribution >= 4 is 173 Å². The molecule has 0 spiro atoms. The molecule has 0 saturated heterocycles. The van der Waals surface area contributed by atoms with Crippen molar-refractivity contribution < 1.29 is 0 Å². The van der Waals surface area contributed by atoms with Crippen molar-refractivity contribution in [2.24, 2.45) is 0 Å². The van der Waals surface area contributed by atoms with Gasteiger partial charge in [-0.25, -0.2) is 0 Å². The minimum absolute atomic E-state index is 0.0146. The maximum atomic E-state index is 15.5. The fourth-order valence-corrected chi connectivity index (χ4v) is 16.4. The highest BCUT2D eigenvalue weighted by molar-refractivity contribution is 6.51. The lowest BCUT2D eigenvalue weighted by atomic mass is 9.80. The molecule has 0 radical (unpaired) electrons. The summed E-state index contributed by atoms with van der Waals surface area (Å²) in [4.78, 5) is 142. The number of pyridine rings is 8. The molecule has 8 aromatic heterocycles. The Morgan fingerprint density at radius 1 is 0.202 bits per heavy atom. The van der Waals surface area contributed by atoms with Crippen LogP contribution in [0, 0.1) is 0 Å². The molecule has 438 valence electrons. The lowest BCUT2D eigenvalue weighted by molar-refractivity contribution is 0.744. The highest BCUT2D eigenvalue weighted by atomic mass is 16.2. The average Bonchev–Trinajstić information content (AvgIpc) is 0.668. The predicted octanol–water partition coefficient (Wildman–Crippen LogP) is 11.5. The van der Waals surface area contributed by atoms with Gasteiger partial charge in [0.25, 0.3) is 44.5 Å². The Balaban J connectivity index is 1.01. The minimum Gasteiger partial charge on any atom is -0.270 e. The summed E-state index contributed by atoms with van der Waals surface area (Å²) in [6.07, 6.45) is 5.99. The third-order valence-corrected chi connectivity index (χ3v) is 20.4. The smallest absolute Gasteiger partial charge is 0.263 e. The average molecular weight is 1220 g/mol. The van der Waals surface area contributed by atoms with Crippen LogP contribution in [0.5, 0.6) is 0 Å². The van der Waals surface area contributed by atoms with Gasteiger partial charge in [-0.3, -0.25) is 76.6 Å². The Hall–Kier alpha value is -12.8. The van der Waals surface area contributed by atoms with Gasteiger partial charge in [0.2, 0.25) is 0 Å². The van der Waals surface area contributed by atoms with Crippen LogP contribution in [0.4, 0.5) is 0 Å². The van der Waals surface area contributed by atoms with Crippen molar-refractivity contribution in [3.05, 3.63) is 288 Å². The SMILES string of the molecule is O=c1c2cnc3c4ncc5c(=O)n(Cc6ccccc6)c(=O)c6cc7c8cc9c(cc8c8cc(c(=O)n1Cc1ccccc1)c2c3c8c7c4c56)c1cc2c(=O)n(Cc3ccccc3)c(=O)c3cnc4c5ncc6c(=O)n(Cc7ccccc7)c(=O)c7cc9c(c1c4c32)c5c67. The Morgan fingerprint density at radius 2 is 0.394 bits per heavy atom. The maximum Gasteiger partial charge on any atom is 0.263 e. The molecule has 0 amide bonds. The van der Waals surface area contributed by atoms with Crippen LogP contribution in [-0.4, -0.2) is 38.2 Å². The van der Waals surface area contributed by atoms with Crippen LogP contribution in [0.2, 0.25) is 0 Å². The van der Waals surface area contributed by atoms with Gasteiger partial charge in [-0.2, -0.15) is 0 Å². The van der Waals surface area contributed by atoms with Crippen LogP contribution in [-0.2, 0) is 26.2 Å². The van der Waals surface area contributed by atoms with Crippen molar-refractivity contribution in [1.82, 2.24) is 38.2 Å². The lowest BCUT2D eigenvalue weighted by Gasteiger charge is -2.24. The maximum absolute atomic E-state index is 15.5. The van der Waals surface area contributed by atoms with E-state index < -0.39 is 44.5 Å². The van der Waals surface area contributed by atoms with Crippen LogP contribution >= 0.6 is 0 Å². The van der Waals surface area contributed by atoms with Gasteiger partial charge in [-0.05, 0) is 102 Å². The van der Waals surface area contributed by atoms with Gasteiger partial charge in [-0.15, -0.1) is 0 Å². The molecular formula is C78H38N8O8. The molecule has 0 aliphatic rings. The van der Waals surface area contributed by atoms with Crippen molar-refractivity contribution in [3.8, 4) is 0 Å². The number of nitrogens with zero attached hydrogens (tertiary/aromatic N) is 8. The zero-order valence-corrected chi connectivity index (χ0v) is 49.0. The Bertz CT molecular complexity index is 6620. The molecule has 0 fully saturated rings. The van der Waals surface area contributed by atoms with Gasteiger partial charge in [-0.1, -0.05) is 121 Å². The molecule has 0 bridgehead atoms. The van der Waals surface area contributed by atoms with Gasteiger partial charge in [0, 0.05) is 111 Å². The summed E-state index contributed by atoms with van der Waals surface area (Å²) in [5.41, 5.74) is 0.305. The first-order valence-electron chi connectivity index (χ1n) is 30.8. The zero-order chi connectivity index (χ0) is 62.6. The minimum atomic E-state index is -0.518. The molecule has 8 heterocycles. The first kappa shape index (κ1) is 51.0. The number of aromatic nitrogens is 8. The number of hydrogen-bond acceptors (Lipinski definition) is 12. The number of benzene rings is 13. The van der Waals surface area contributed by atoms with Gasteiger partial charge in [0.15, 0.2) is 0 Å². The van der Waals surface area contributed by atoms with E-state index in [1.165, 1.54) is 43.1 Å². The molecular weight excluding hydrogens is 1180 g/mol. The molecule has 94 heavy (non-hydrogen) atoms. The standard InChI is InChI=1S/C78H38N8O8/c87-71-47-23-43-39-21-41-42(22-40(39)44-24-48-56-52(76(92)84(72(48)88)32-36-15-7-2-8-16-36)28-80-68-64(56)60(44)59(43)63-55(47)51(27-79-67(63)68)75(91)83(71)31-35-13-5-1-6-14-35)46-26-50-58-54(78(94)86(74(50)90)34-38-19-11-4-12-20-38)30-82-70-66(58)62(46)61-45(41)25-49-57-53(29-81-69(70)65(57)61)77(93)85(73(49)89)33-37-17-9-3-10-18-37/h1-30H,31-34H2. The largest absolute Gasteiger partial charge is 0.270 e. The Kier molecular flexibility index (Phi) is 9.52. The zero-order valence-electron chi connectivity index (χ0n) is 49.0. The summed E-state index contributed by atoms with van der Waals surface area (Å²) < 4.78 is 4.98. The molecule has 0 saturated carbocycles. The highest BCUT2D eigenvalue weighted by Crippen LogP contribution is 2.54. The Morgan fingerprint density at radius 3 is 0.606 bits per heavy atom. The molecule has 0 aliphatic carbocycles. The van der Waals surface area contributed by atoms with Crippen molar-refractivity contribution in [1.29, 1.82) is 0 Å².